The molecule has 0 atom stereocenters. The predicted octanol–water partition coefficient (Wildman–Crippen LogP) is 2.40. The molecule has 0 saturated heterocycles. The van der Waals surface area contributed by atoms with Crippen LogP contribution in [0.2, 0.25) is 10.0 Å². The van der Waals surface area contributed by atoms with Gasteiger partial charge in [0.05, 0.1) is 10.0 Å². The van der Waals surface area contributed by atoms with Gasteiger partial charge in [-0.05, 0) is 18.2 Å². The van der Waals surface area contributed by atoms with Crippen molar-refractivity contribution in [3.05, 3.63) is 33.8 Å². The van der Waals surface area contributed by atoms with Crippen LogP contribution in [0, 0.1) is 0 Å². The van der Waals surface area contributed by atoms with Crippen molar-refractivity contribution in [1.29, 1.82) is 0 Å². The molecule has 1 aromatic carbocycles. The van der Waals surface area contributed by atoms with Gasteiger partial charge in [0.25, 0.3) is 0 Å². The third-order valence-electron chi connectivity index (χ3n) is 1.57. The van der Waals surface area contributed by atoms with Gasteiger partial charge in [-0.25, -0.2) is 4.79 Å². The van der Waals surface area contributed by atoms with Gasteiger partial charge in [0.2, 0.25) is 0 Å². The number of halogens is 3. The van der Waals surface area contributed by atoms with Gasteiger partial charge < -0.3 is 10.6 Å². The number of hydrogen-bond acceptors (Lipinski definition) is 3. The van der Waals surface area contributed by atoms with Gasteiger partial charge in [-0.2, -0.15) is 0 Å². The summed E-state index contributed by atoms with van der Waals surface area (Å²) >= 11 is 16.7. The molecule has 0 aliphatic rings. The van der Waals surface area contributed by atoms with E-state index in [-0.39, 0.29) is 11.7 Å². The monoisotopic (exact) mass is 280 g/mol. The Morgan fingerprint density at radius 2 is 2.06 bits per heavy atom. The van der Waals surface area contributed by atoms with E-state index >= 15 is 0 Å². The number of amidine groups is 1. The molecule has 4 nitrogen and oxygen atoms in total. The highest BCUT2D eigenvalue weighted by atomic mass is 35.5. The van der Waals surface area contributed by atoms with E-state index in [1.54, 1.807) is 12.1 Å². The first-order chi connectivity index (χ1) is 7.54. The van der Waals surface area contributed by atoms with Crippen molar-refractivity contribution in [3.8, 4) is 0 Å². The van der Waals surface area contributed by atoms with Crippen LogP contribution in [0.3, 0.4) is 0 Å². The normalized spacial score (nSPS) is 11.3. The van der Waals surface area contributed by atoms with Gasteiger partial charge in [0.1, 0.15) is 5.88 Å². The molecule has 0 bridgehead atoms. The van der Waals surface area contributed by atoms with Crippen LogP contribution in [0.5, 0.6) is 0 Å². The van der Waals surface area contributed by atoms with Gasteiger partial charge in [0.15, 0.2) is 5.84 Å². The zero-order valence-corrected chi connectivity index (χ0v) is 10.2. The summed E-state index contributed by atoms with van der Waals surface area (Å²) in [6.45, 7) is 0. The highest BCUT2D eigenvalue weighted by Gasteiger charge is 2.05. The second kappa shape index (κ2) is 5.94. The number of carbonyl (C=O) groups is 1. The van der Waals surface area contributed by atoms with E-state index in [1.807, 2.05) is 0 Å². The Balaban J connectivity index is 2.83. The molecule has 16 heavy (non-hydrogen) atoms. The molecule has 0 radical (unpaired) electrons. The maximum atomic E-state index is 10.7. The first kappa shape index (κ1) is 13.1. The number of nitrogens with zero attached hydrogens (tertiary/aromatic N) is 1. The van der Waals surface area contributed by atoms with E-state index in [1.165, 1.54) is 6.07 Å². The lowest BCUT2D eigenvalue weighted by atomic mass is 10.2. The van der Waals surface area contributed by atoms with Gasteiger partial charge in [0, 0.05) is 5.56 Å². The number of nitrogens with two attached hydrogens (primary N) is 1. The fourth-order valence-electron chi connectivity index (χ4n) is 0.833. The fraction of sp³-hybridized carbons (Fsp3) is 0.111. The van der Waals surface area contributed by atoms with E-state index in [2.05, 4.69) is 9.99 Å². The molecule has 1 rings (SSSR count). The molecule has 0 fully saturated rings. The van der Waals surface area contributed by atoms with Crippen LogP contribution < -0.4 is 5.73 Å². The average Bonchev–Trinajstić information content (AvgIpc) is 2.29. The van der Waals surface area contributed by atoms with Gasteiger partial charge in [-0.1, -0.05) is 28.4 Å². The highest BCUT2D eigenvalue weighted by Crippen LogP contribution is 2.22. The third-order valence-corrected chi connectivity index (χ3v) is 2.53. The molecule has 1 aromatic rings. The lowest BCUT2D eigenvalue weighted by Gasteiger charge is -2.01. The van der Waals surface area contributed by atoms with Gasteiger partial charge >= 0.3 is 5.97 Å². The minimum atomic E-state index is -0.690. The Kier molecular flexibility index (Phi) is 4.86. The number of rotatable bonds is 3. The van der Waals surface area contributed by atoms with E-state index in [9.17, 15) is 4.79 Å². The number of alkyl halides is 1. The molecular weight excluding hydrogens is 274 g/mol. The van der Waals surface area contributed by atoms with Crippen LogP contribution in [0.15, 0.2) is 23.4 Å². The quantitative estimate of drug-likeness (QED) is 0.304. The fourth-order valence-corrected chi connectivity index (χ4v) is 1.18. The molecule has 0 saturated carbocycles. The SMILES string of the molecule is N/C(=N\OC(=O)CCl)c1ccc(Cl)c(Cl)c1. The molecule has 0 aromatic heterocycles. The molecule has 0 spiro atoms. The van der Waals surface area contributed by atoms with Crippen molar-refractivity contribution < 1.29 is 9.63 Å². The Labute approximate surface area is 107 Å². The molecule has 7 heteroatoms. The molecule has 86 valence electrons. The topological polar surface area (TPSA) is 64.7 Å². The summed E-state index contributed by atoms with van der Waals surface area (Å²) in [6.07, 6.45) is 0. The first-order valence-electron chi connectivity index (χ1n) is 4.09. The Morgan fingerprint density at radius 3 is 2.62 bits per heavy atom. The van der Waals surface area contributed by atoms with Crippen LogP contribution in [0.4, 0.5) is 0 Å². The van der Waals surface area contributed by atoms with Crippen LogP contribution in [-0.4, -0.2) is 17.7 Å². The summed E-state index contributed by atoms with van der Waals surface area (Å²) in [4.78, 5) is 15.1. The standard InChI is InChI=1S/C9H7Cl3N2O2/c10-4-8(15)16-14-9(13)5-1-2-6(11)7(12)3-5/h1-3H,4H2,(H2,13,14). The predicted molar refractivity (Wildman–Crippen MR) is 64.0 cm³/mol. The summed E-state index contributed by atoms with van der Waals surface area (Å²) in [5.74, 6) is -0.972. The second-order valence-corrected chi connectivity index (χ2v) is 3.78. The van der Waals surface area contributed by atoms with Crippen molar-refractivity contribution in [3.63, 3.8) is 0 Å². The van der Waals surface area contributed by atoms with E-state index in [0.29, 0.717) is 15.6 Å². The number of carbonyl (C=O) groups excluding carboxylic acids is 1. The molecule has 0 amide bonds. The summed E-state index contributed by atoms with van der Waals surface area (Å²) in [5.41, 5.74) is 6.04. The summed E-state index contributed by atoms with van der Waals surface area (Å²) in [6, 6.07) is 4.67. The van der Waals surface area contributed by atoms with Crippen molar-refractivity contribution in [2.45, 2.75) is 0 Å². The minimum absolute atomic E-state index is 0.0111. The lowest BCUT2D eigenvalue weighted by molar-refractivity contribution is -0.140. The summed E-state index contributed by atoms with van der Waals surface area (Å²) in [7, 11) is 0. The molecule has 0 unspecified atom stereocenters. The largest absolute Gasteiger partial charge is 0.380 e. The maximum Gasteiger partial charge on any atom is 0.349 e. The zero-order valence-electron chi connectivity index (χ0n) is 7.91. The molecule has 0 aliphatic carbocycles. The highest BCUT2D eigenvalue weighted by molar-refractivity contribution is 6.42. The second-order valence-electron chi connectivity index (χ2n) is 2.70. The number of oxime groups is 1. The summed E-state index contributed by atoms with van der Waals surface area (Å²) < 4.78 is 0. The molecule has 0 heterocycles. The molecule has 2 N–H and O–H groups in total. The number of hydrogen-bond donors (Lipinski definition) is 1. The minimum Gasteiger partial charge on any atom is -0.380 e. The van der Waals surface area contributed by atoms with Crippen LogP contribution >= 0.6 is 34.8 Å². The van der Waals surface area contributed by atoms with Gasteiger partial charge in [-0.3, -0.25) is 0 Å². The number of benzene rings is 1. The van der Waals surface area contributed by atoms with Gasteiger partial charge in [-0.15, -0.1) is 11.6 Å². The average molecular weight is 282 g/mol. The Hall–Kier alpha value is -0.970. The van der Waals surface area contributed by atoms with E-state index < -0.39 is 5.97 Å². The van der Waals surface area contributed by atoms with Crippen LogP contribution in [0.1, 0.15) is 5.56 Å². The van der Waals surface area contributed by atoms with E-state index in [4.69, 9.17) is 40.5 Å². The molecular formula is C9H7Cl3N2O2. The van der Waals surface area contributed by atoms with Crippen molar-refractivity contribution >= 4 is 46.6 Å². The van der Waals surface area contributed by atoms with Crippen molar-refractivity contribution in [2.24, 2.45) is 10.9 Å². The zero-order chi connectivity index (χ0) is 12.1. The smallest absolute Gasteiger partial charge is 0.349 e. The first-order valence-corrected chi connectivity index (χ1v) is 5.38. The van der Waals surface area contributed by atoms with Crippen molar-refractivity contribution in [2.75, 3.05) is 5.88 Å². The van der Waals surface area contributed by atoms with Crippen LogP contribution in [-0.2, 0) is 9.63 Å². The molecule has 0 aliphatic heterocycles. The summed E-state index contributed by atoms with van der Waals surface area (Å²) in [5, 5.41) is 4.13. The Bertz CT molecular complexity index is 435. The van der Waals surface area contributed by atoms with Crippen molar-refractivity contribution in [1.82, 2.24) is 0 Å². The lowest BCUT2D eigenvalue weighted by Crippen LogP contribution is -2.15. The van der Waals surface area contributed by atoms with E-state index in [0.717, 1.165) is 0 Å². The maximum absolute atomic E-state index is 10.7. The Morgan fingerprint density at radius 1 is 1.38 bits per heavy atom. The third kappa shape index (κ3) is 3.56. The van der Waals surface area contributed by atoms with Crippen LogP contribution in [0.25, 0.3) is 0 Å².